The van der Waals surface area contributed by atoms with Crippen LogP contribution in [0.4, 0.5) is 46.5 Å². The number of anilines is 5. The molecule has 16 heteroatoms. The minimum absolute atomic E-state index is 0.0807. The highest BCUT2D eigenvalue weighted by Gasteiger charge is 2.54. The third-order valence-electron chi connectivity index (χ3n) is 12.9. The summed E-state index contributed by atoms with van der Waals surface area (Å²) in [5.74, 6) is 0.581. The fourth-order valence-corrected chi connectivity index (χ4v) is 10.4. The molecule has 298 valence electrons. The van der Waals surface area contributed by atoms with Crippen LogP contribution in [0, 0.1) is 24.7 Å². The summed E-state index contributed by atoms with van der Waals surface area (Å²) in [6, 6.07) is 1.81. The molecule has 2 N–H and O–H groups in total. The molecule has 2 bridgehead atoms. The van der Waals surface area contributed by atoms with E-state index in [2.05, 4.69) is 74.4 Å². The Bertz CT molecular complexity index is 1930. The number of fused-ring (bicyclic) bond motifs is 4. The number of hydrogen-bond donors (Lipinski definition) is 2. The largest absolute Gasteiger partial charge is 0.373 e. The second kappa shape index (κ2) is 13.4. The van der Waals surface area contributed by atoms with E-state index in [-0.39, 0.29) is 53.9 Å². The number of aromatic nitrogens is 6. The second-order valence-corrected chi connectivity index (χ2v) is 18.4. The predicted molar refractivity (Wildman–Crippen MR) is 207 cm³/mol. The van der Waals surface area contributed by atoms with Crippen molar-refractivity contribution in [3.8, 4) is 0 Å². The van der Waals surface area contributed by atoms with Crippen molar-refractivity contribution in [2.75, 3.05) is 65.6 Å². The van der Waals surface area contributed by atoms with Gasteiger partial charge in [-0.15, -0.1) is 0 Å². The first-order chi connectivity index (χ1) is 25.9. The van der Waals surface area contributed by atoms with Crippen LogP contribution in [0.5, 0.6) is 0 Å². The first-order valence-electron chi connectivity index (χ1n) is 19.5. The summed E-state index contributed by atoms with van der Waals surface area (Å²) in [5, 5.41) is 14.7. The molecule has 6 aliphatic rings. The summed E-state index contributed by atoms with van der Waals surface area (Å²) in [7, 11) is 3.67. The number of halogens is 5. The molecule has 0 amide bonds. The fourth-order valence-electron chi connectivity index (χ4n) is 10.2. The monoisotopic (exact) mass is 785 g/mol. The summed E-state index contributed by atoms with van der Waals surface area (Å²) in [6.45, 7) is 13.9. The Balaban J connectivity index is 0.000000181. The van der Waals surface area contributed by atoms with Crippen molar-refractivity contribution in [3.63, 3.8) is 0 Å². The van der Waals surface area contributed by atoms with E-state index in [0.717, 1.165) is 59.5 Å². The van der Waals surface area contributed by atoms with Crippen LogP contribution >= 0.6 is 11.6 Å². The van der Waals surface area contributed by atoms with Gasteiger partial charge >= 0.3 is 0 Å². The number of aryl methyl sites for hydroxylation is 1. The molecule has 3 aromatic heterocycles. The molecular formula is C39H52ClF4N11. The number of piperidine rings is 1. The Hall–Kier alpha value is -3.75. The van der Waals surface area contributed by atoms with Crippen LogP contribution in [0.3, 0.4) is 0 Å². The van der Waals surface area contributed by atoms with Gasteiger partial charge in [-0.3, -0.25) is 0 Å². The molecule has 2 unspecified atom stereocenters. The lowest BCUT2D eigenvalue weighted by atomic mass is 9.82. The van der Waals surface area contributed by atoms with E-state index in [0.29, 0.717) is 42.5 Å². The smallest absolute Gasteiger partial charge is 0.252 e. The van der Waals surface area contributed by atoms with Crippen LogP contribution in [0.15, 0.2) is 12.3 Å². The minimum Gasteiger partial charge on any atom is -0.373 e. The number of nitrogens with zero attached hydrogens (tertiary/aromatic N) is 9. The van der Waals surface area contributed by atoms with Gasteiger partial charge in [0.25, 0.3) is 11.8 Å². The molecule has 0 aromatic carbocycles. The lowest BCUT2D eigenvalue weighted by molar-refractivity contribution is -0.0865. The van der Waals surface area contributed by atoms with Gasteiger partial charge in [-0.05, 0) is 55.2 Å². The summed E-state index contributed by atoms with van der Waals surface area (Å²) >= 11 is 5.95. The topological polar surface area (TPSA) is 111 Å². The van der Waals surface area contributed by atoms with Crippen LogP contribution in [0.2, 0.25) is 5.28 Å². The summed E-state index contributed by atoms with van der Waals surface area (Å²) < 4.78 is 53.7. The van der Waals surface area contributed by atoms with Gasteiger partial charge < -0.3 is 25.3 Å². The van der Waals surface area contributed by atoms with Crippen LogP contribution in [0.1, 0.15) is 88.9 Å². The Morgan fingerprint density at radius 3 is 1.76 bits per heavy atom. The van der Waals surface area contributed by atoms with Crippen LogP contribution in [-0.4, -0.2) is 94.3 Å². The van der Waals surface area contributed by atoms with Gasteiger partial charge in [0, 0.05) is 106 Å². The van der Waals surface area contributed by atoms with Crippen LogP contribution in [-0.2, 0) is 17.3 Å². The minimum atomic E-state index is -2.55. The van der Waals surface area contributed by atoms with E-state index in [1.165, 1.54) is 12.8 Å². The number of rotatable bonds is 7. The van der Waals surface area contributed by atoms with Gasteiger partial charge in [0.05, 0.1) is 17.6 Å². The average Bonchev–Trinajstić information content (AvgIpc) is 3.61. The van der Waals surface area contributed by atoms with Crippen molar-refractivity contribution in [2.24, 2.45) is 17.8 Å². The first kappa shape index (κ1) is 38.1. The molecule has 3 saturated carbocycles. The normalized spacial score (nSPS) is 26.8. The third-order valence-corrected chi connectivity index (χ3v) is 13.1. The molecule has 2 atom stereocenters. The molecule has 1 saturated heterocycles. The Morgan fingerprint density at radius 1 is 0.764 bits per heavy atom. The molecule has 3 aliphatic carbocycles. The molecule has 3 aromatic rings. The van der Waals surface area contributed by atoms with E-state index >= 15 is 0 Å². The molecule has 0 spiro atoms. The zero-order valence-corrected chi connectivity index (χ0v) is 33.5. The molecule has 11 nitrogen and oxygen atoms in total. The van der Waals surface area contributed by atoms with Crippen molar-refractivity contribution in [3.05, 3.63) is 40.2 Å². The number of hydrogen-bond acceptors (Lipinski definition) is 11. The van der Waals surface area contributed by atoms with Crippen LogP contribution < -0.4 is 25.3 Å². The molecule has 9 rings (SSSR count). The van der Waals surface area contributed by atoms with Crippen molar-refractivity contribution in [2.45, 2.75) is 114 Å². The SMILES string of the molecule is CNc1nc(CC2C3CCC2CN(c2cnnc(C)c2)C3)nc2c1C(C)(C)CN2C1CC(F)(F)C1.CNc1nc(Cl)nc2c1C(C)(C)CN2C1CC(F)(F)C1. The van der Waals surface area contributed by atoms with Crippen molar-refractivity contribution < 1.29 is 17.6 Å². The highest BCUT2D eigenvalue weighted by Crippen LogP contribution is 2.52. The fraction of sp³-hybridized carbons (Fsp3) is 0.692. The summed E-state index contributed by atoms with van der Waals surface area (Å²) in [5.41, 5.74) is 3.76. The van der Waals surface area contributed by atoms with Crippen molar-refractivity contribution in [1.29, 1.82) is 0 Å². The Morgan fingerprint density at radius 2 is 1.27 bits per heavy atom. The van der Waals surface area contributed by atoms with E-state index in [1.807, 2.05) is 25.1 Å². The maximum absolute atomic E-state index is 13.7. The van der Waals surface area contributed by atoms with Crippen molar-refractivity contribution >= 4 is 40.6 Å². The van der Waals surface area contributed by atoms with Gasteiger partial charge in [0.1, 0.15) is 29.1 Å². The zero-order chi connectivity index (χ0) is 39.2. The average molecular weight is 786 g/mol. The van der Waals surface area contributed by atoms with Crippen molar-refractivity contribution in [1.82, 2.24) is 30.1 Å². The predicted octanol–water partition coefficient (Wildman–Crippen LogP) is 7.28. The molecule has 55 heavy (non-hydrogen) atoms. The quantitative estimate of drug-likeness (QED) is 0.186. The van der Waals surface area contributed by atoms with E-state index in [9.17, 15) is 17.6 Å². The van der Waals surface area contributed by atoms with Gasteiger partial charge in [-0.25, -0.2) is 37.5 Å². The first-order valence-corrected chi connectivity index (χ1v) is 19.9. The lowest BCUT2D eigenvalue weighted by Gasteiger charge is -2.42. The summed E-state index contributed by atoms with van der Waals surface area (Å²) in [4.78, 5) is 25.1. The Kier molecular flexibility index (Phi) is 9.32. The lowest BCUT2D eigenvalue weighted by Crippen LogP contribution is -2.51. The molecule has 3 aliphatic heterocycles. The Labute approximate surface area is 325 Å². The van der Waals surface area contributed by atoms with Gasteiger partial charge in [0.15, 0.2) is 0 Å². The van der Waals surface area contributed by atoms with E-state index in [4.69, 9.17) is 21.6 Å². The maximum Gasteiger partial charge on any atom is 0.252 e. The zero-order valence-electron chi connectivity index (χ0n) is 32.7. The molecule has 6 heterocycles. The number of alkyl halides is 4. The number of nitrogens with one attached hydrogen (secondary N) is 2. The second-order valence-electron chi connectivity index (χ2n) is 18.0. The van der Waals surface area contributed by atoms with Crippen LogP contribution in [0.25, 0.3) is 0 Å². The highest BCUT2D eigenvalue weighted by atomic mass is 35.5. The summed E-state index contributed by atoms with van der Waals surface area (Å²) in [6.07, 6.45) is 4.78. The molecule has 0 radical (unpaired) electrons. The van der Waals surface area contributed by atoms with E-state index < -0.39 is 11.8 Å². The standard InChI is InChI=1S/C26H35F2N7.C13H17ClF2N4/c1-15-7-18(11-30-33-15)34-12-16-5-6-17(13-34)20(16)8-21-31-23(29-4)22-24(32-21)35(14-25(22,2)3)19-9-26(27,28)10-19;1-12(2)6-20(7-4-13(15,16)5-7)10-8(12)9(17-3)18-11(14)19-10/h7,11,16-17,19-20H,5-6,8-10,12-14H2,1-4H3,(H,29,31,32);7H,4-6H2,1-3H3,(H,17,18,19). The van der Waals surface area contributed by atoms with Gasteiger partial charge in [-0.1, -0.05) is 27.7 Å². The highest BCUT2D eigenvalue weighted by molar-refractivity contribution is 6.28. The maximum atomic E-state index is 13.7. The third kappa shape index (κ3) is 7.00. The molecule has 4 fully saturated rings. The van der Waals surface area contributed by atoms with Gasteiger partial charge in [-0.2, -0.15) is 10.2 Å². The molecular weight excluding hydrogens is 734 g/mol. The van der Waals surface area contributed by atoms with Gasteiger partial charge in [0.2, 0.25) is 5.28 Å². The van der Waals surface area contributed by atoms with E-state index in [1.54, 1.807) is 7.05 Å².